The summed E-state index contributed by atoms with van der Waals surface area (Å²) in [7, 11) is 0. The number of esters is 1. The first kappa shape index (κ1) is 18.6. The average Bonchev–Trinajstić information content (AvgIpc) is 2.68. The van der Waals surface area contributed by atoms with Crippen molar-refractivity contribution in [3.05, 3.63) is 83.0 Å². The van der Waals surface area contributed by atoms with Crippen LogP contribution in [0.3, 0.4) is 0 Å². The maximum Gasteiger partial charge on any atom is 0.338 e. The predicted molar refractivity (Wildman–Crippen MR) is 106 cm³/mol. The van der Waals surface area contributed by atoms with Crippen LogP contribution in [0.4, 0.5) is 0 Å². The van der Waals surface area contributed by atoms with E-state index in [0.717, 1.165) is 33.7 Å². The number of pyridine rings is 1. The van der Waals surface area contributed by atoms with E-state index in [1.807, 2.05) is 56.3 Å². The Kier molecular flexibility index (Phi) is 5.87. The first-order valence-electron chi connectivity index (χ1n) is 9.00. The standard InChI is InChI=1S/C23H23NO3/c1-4-26-23(25)19-9-7-8-16(2)20(19)15-27-22-12-11-18(14-17(22)3)21-10-5-6-13-24-21/h5-14H,4,15H2,1-3H3. The smallest absolute Gasteiger partial charge is 0.338 e. The van der Waals surface area contributed by atoms with Crippen molar-refractivity contribution in [1.82, 2.24) is 4.98 Å². The number of nitrogens with zero attached hydrogens (tertiary/aromatic N) is 1. The molecular weight excluding hydrogens is 338 g/mol. The highest BCUT2D eigenvalue weighted by Gasteiger charge is 2.15. The first-order chi connectivity index (χ1) is 13.1. The number of carbonyl (C=O) groups excluding carboxylic acids is 1. The van der Waals surface area contributed by atoms with Crippen LogP contribution in [0.1, 0.15) is 34.0 Å². The third-order valence-corrected chi connectivity index (χ3v) is 4.41. The van der Waals surface area contributed by atoms with Gasteiger partial charge >= 0.3 is 5.97 Å². The van der Waals surface area contributed by atoms with Crippen LogP contribution in [-0.4, -0.2) is 17.6 Å². The Morgan fingerprint density at radius 1 is 1.00 bits per heavy atom. The highest BCUT2D eigenvalue weighted by molar-refractivity contribution is 5.91. The second-order valence-electron chi connectivity index (χ2n) is 6.31. The fraction of sp³-hybridized carbons (Fsp3) is 0.217. The van der Waals surface area contributed by atoms with E-state index in [9.17, 15) is 4.79 Å². The van der Waals surface area contributed by atoms with Gasteiger partial charge in [-0.3, -0.25) is 4.98 Å². The summed E-state index contributed by atoms with van der Waals surface area (Å²) in [6, 6.07) is 17.5. The number of rotatable bonds is 6. The van der Waals surface area contributed by atoms with Crippen molar-refractivity contribution in [1.29, 1.82) is 0 Å². The van der Waals surface area contributed by atoms with Crippen molar-refractivity contribution in [2.45, 2.75) is 27.4 Å². The second-order valence-corrected chi connectivity index (χ2v) is 6.31. The number of ether oxygens (including phenoxy) is 2. The molecule has 0 unspecified atom stereocenters. The number of hydrogen-bond donors (Lipinski definition) is 0. The molecule has 138 valence electrons. The summed E-state index contributed by atoms with van der Waals surface area (Å²) < 4.78 is 11.2. The van der Waals surface area contributed by atoms with Crippen LogP contribution in [-0.2, 0) is 11.3 Å². The lowest BCUT2D eigenvalue weighted by atomic mass is 10.0. The molecular formula is C23H23NO3. The van der Waals surface area contributed by atoms with Crippen molar-refractivity contribution in [2.24, 2.45) is 0 Å². The van der Waals surface area contributed by atoms with Gasteiger partial charge in [0.25, 0.3) is 0 Å². The Bertz CT molecular complexity index is 936. The van der Waals surface area contributed by atoms with E-state index >= 15 is 0 Å². The molecule has 0 bridgehead atoms. The van der Waals surface area contributed by atoms with Crippen molar-refractivity contribution >= 4 is 5.97 Å². The maximum absolute atomic E-state index is 12.2. The molecule has 3 rings (SSSR count). The Hall–Kier alpha value is -3.14. The lowest BCUT2D eigenvalue weighted by Crippen LogP contribution is -2.11. The van der Waals surface area contributed by atoms with Gasteiger partial charge < -0.3 is 9.47 Å². The minimum Gasteiger partial charge on any atom is -0.489 e. The summed E-state index contributed by atoms with van der Waals surface area (Å²) >= 11 is 0. The molecule has 0 N–H and O–H groups in total. The number of carbonyl (C=O) groups is 1. The molecule has 1 aromatic heterocycles. The molecule has 0 saturated heterocycles. The minimum atomic E-state index is -0.318. The fourth-order valence-electron chi connectivity index (χ4n) is 2.95. The molecule has 4 heteroatoms. The van der Waals surface area contributed by atoms with Crippen LogP contribution in [0, 0.1) is 13.8 Å². The van der Waals surface area contributed by atoms with Crippen molar-refractivity contribution in [2.75, 3.05) is 6.61 Å². The molecule has 0 aliphatic carbocycles. The van der Waals surface area contributed by atoms with Gasteiger partial charge in [0.05, 0.1) is 17.9 Å². The average molecular weight is 361 g/mol. The third-order valence-electron chi connectivity index (χ3n) is 4.41. The van der Waals surface area contributed by atoms with Gasteiger partial charge in [0, 0.05) is 17.3 Å². The van der Waals surface area contributed by atoms with Crippen LogP contribution >= 0.6 is 0 Å². The molecule has 2 aromatic carbocycles. The van der Waals surface area contributed by atoms with Crippen molar-refractivity contribution < 1.29 is 14.3 Å². The van der Waals surface area contributed by atoms with E-state index < -0.39 is 0 Å². The molecule has 0 aliphatic heterocycles. The van der Waals surface area contributed by atoms with Gasteiger partial charge in [0.15, 0.2) is 0 Å². The molecule has 0 spiro atoms. The van der Waals surface area contributed by atoms with Gasteiger partial charge in [-0.15, -0.1) is 0 Å². The van der Waals surface area contributed by atoms with E-state index in [4.69, 9.17) is 9.47 Å². The molecule has 0 fully saturated rings. The zero-order chi connectivity index (χ0) is 19.2. The van der Waals surface area contributed by atoms with Gasteiger partial charge in [-0.05, 0) is 68.3 Å². The molecule has 3 aromatic rings. The largest absolute Gasteiger partial charge is 0.489 e. The van der Waals surface area contributed by atoms with E-state index in [2.05, 4.69) is 11.1 Å². The number of benzene rings is 2. The molecule has 0 aliphatic rings. The van der Waals surface area contributed by atoms with Crippen LogP contribution < -0.4 is 4.74 Å². The van der Waals surface area contributed by atoms with Gasteiger partial charge in [0.2, 0.25) is 0 Å². The summed E-state index contributed by atoms with van der Waals surface area (Å²) in [5.41, 5.74) is 5.40. The van der Waals surface area contributed by atoms with Crippen LogP contribution in [0.5, 0.6) is 5.75 Å². The molecule has 1 heterocycles. The molecule has 0 amide bonds. The summed E-state index contributed by atoms with van der Waals surface area (Å²) in [5.74, 6) is 0.467. The lowest BCUT2D eigenvalue weighted by molar-refractivity contribution is 0.0523. The van der Waals surface area contributed by atoms with Gasteiger partial charge in [-0.25, -0.2) is 4.79 Å². The summed E-state index contributed by atoms with van der Waals surface area (Å²) in [6.07, 6.45) is 1.78. The Morgan fingerprint density at radius 2 is 1.85 bits per heavy atom. The number of hydrogen-bond acceptors (Lipinski definition) is 4. The highest BCUT2D eigenvalue weighted by Crippen LogP contribution is 2.26. The van der Waals surface area contributed by atoms with E-state index in [1.54, 1.807) is 19.2 Å². The van der Waals surface area contributed by atoms with Gasteiger partial charge in [0.1, 0.15) is 12.4 Å². The Morgan fingerprint density at radius 3 is 2.56 bits per heavy atom. The fourth-order valence-corrected chi connectivity index (χ4v) is 2.95. The summed E-state index contributed by atoms with van der Waals surface area (Å²) in [6.45, 7) is 6.44. The lowest BCUT2D eigenvalue weighted by Gasteiger charge is -2.15. The maximum atomic E-state index is 12.2. The zero-order valence-electron chi connectivity index (χ0n) is 15.9. The number of aryl methyl sites for hydroxylation is 2. The normalized spacial score (nSPS) is 10.5. The SMILES string of the molecule is CCOC(=O)c1cccc(C)c1COc1ccc(-c2ccccn2)cc1C. The second kappa shape index (κ2) is 8.49. The molecule has 0 saturated carbocycles. The van der Waals surface area contributed by atoms with Crippen molar-refractivity contribution in [3.8, 4) is 17.0 Å². The van der Waals surface area contributed by atoms with Gasteiger partial charge in [-0.1, -0.05) is 18.2 Å². The minimum absolute atomic E-state index is 0.310. The Balaban J connectivity index is 1.81. The summed E-state index contributed by atoms with van der Waals surface area (Å²) in [4.78, 5) is 16.6. The van der Waals surface area contributed by atoms with E-state index in [1.165, 1.54) is 0 Å². The molecule has 0 atom stereocenters. The van der Waals surface area contributed by atoms with E-state index in [-0.39, 0.29) is 5.97 Å². The highest BCUT2D eigenvalue weighted by atomic mass is 16.5. The number of aromatic nitrogens is 1. The quantitative estimate of drug-likeness (QED) is 0.572. The summed E-state index contributed by atoms with van der Waals surface area (Å²) in [5, 5.41) is 0. The van der Waals surface area contributed by atoms with Crippen molar-refractivity contribution in [3.63, 3.8) is 0 Å². The van der Waals surface area contributed by atoms with Crippen LogP contribution in [0.15, 0.2) is 60.8 Å². The molecule has 0 radical (unpaired) electrons. The zero-order valence-corrected chi connectivity index (χ0v) is 15.9. The van der Waals surface area contributed by atoms with Crippen LogP contribution in [0.2, 0.25) is 0 Å². The topological polar surface area (TPSA) is 48.4 Å². The molecule has 4 nitrogen and oxygen atoms in total. The third kappa shape index (κ3) is 4.34. The van der Waals surface area contributed by atoms with Crippen LogP contribution in [0.25, 0.3) is 11.3 Å². The first-order valence-corrected chi connectivity index (χ1v) is 9.00. The monoisotopic (exact) mass is 361 g/mol. The Labute approximate surface area is 159 Å². The molecule has 27 heavy (non-hydrogen) atoms. The predicted octanol–water partition coefficient (Wildman–Crippen LogP) is 5.12. The van der Waals surface area contributed by atoms with E-state index in [0.29, 0.717) is 18.8 Å². The van der Waals surface area contributed by atoms with Gasteiger partial charge in [-0.2, -0.15) is 0 Å².